The highest BCUT2D eigenvalue weighted by molar-refractivity contribution is 7.91. The predicted octanol–water partition coefficient (Wildman–Crippen LogP) is 5.75. The van der Waals surface area contributed by atoms with E-state index in [0.717, 1.165) is 17.0 Å². The van der Waals surface area contributed by atoms with Crippen LogP contribution >= 0.6 is 11.6 Å². The Hall–Kier alpha value is -3.36. The molecule has 2 aromatic carbocycles. The van der Waals surface area contributed by atoms with Crippen LogP contribution in [0.5, 0.6) is 5.75 Å². The van der Waals surface area contributed by atoms with Crippen molar-refractivity contribution < 1.29 is 35.9 Å². The zero-order valence-corrected chi connectivity index (χ0v) is 28.1. The molecule has 2 heterocycles. The summed E-state index contributed by atoms with van der Waals surface area (Å²) in [5, 5.41) is -0.103. The second-order valence-corrected chi connectivity index (χ2v) is 15.0. The van der Waals surface area contributed by atoms with Crippen molar-refractivity contribution in [3.63, 3.8) is 0 Å². The van der Waals surface area contributed by atoms with Gasteiger partial charge in [-0.2, -0.15) is 13.2 Å². The van der Waals surface area contributed by atoms with Gasteiger partial charge in [0, 0.05) is 36.8 Å². The Kier molecular flexibility index (Phi) is 10.3. The van der Waals surface area contributed by atoms with Gasteiger partial charge in [-0.1, -0.05) is 18.5 Å². The molecule has 1 atom stereocenters. The molecular formula is C31H38ClF3N4O6S. The topological polar surface area (TPSA) is 111 Å². The van der Waals surface area contributed by atoms with Crippen molar-refractivity contribution in [2.24, 2.45) is 0 Å². The standard InChI is InChI=1S/C31H38ClF3N4O6S/c1-7-46(42,43)25-11-10-20(32)13-19(25)15-39-18-36-26-22(28(39)40)14-24(31(33,34)35)23(27(26)44-6)17-38-12-8-9-21(16-38)37(5)29(41)45-30(2,3)4/h10-11,13-14,18,21H,7-9,12,15-17H2,1-6H3. The molecule has 1 saturated heterocycles. The summed E-state index contributed by atoms with van der Waals surface area (Å²) in [5.41, 5.74) is -2.59. The first-order valence-electron chi connectivity index (χ1n) is 14.7. The molecule has 1 amide bonds. The molecule has 10 nitrogen and oxygen atoms in total. The molecule has 3 aromatic rings. The molecular weight excluding hydrogens is 649 g/mol. The molecule has 252 valence electrons. The minimum Gasteiger partial charge on any atom is -0.494 e. The van der Waals surface area contributed by atoms with Crippen molar-refractivity contribution >= 4 is 38.4 Å². The number of methoxy groups -OCH3 is 1. The van der Waals surface area contributed by atoms with Crippen LogP contribution in [0.25, 0.3) is 10.9 Å². The number of hydrogen-bond acceptors (Lipinski definition) is 8. The van der Waals surface area contributed by atoms with Crippen molar-refractivity contribution in [3.05, 3.63) is 62.7 Å². The van der Waals surface area contributed by atoms with E-state index in [4.69, 9.17) is 21.1 Å². The first-order chi connectivity index (χ1) is 21.4. The van der Waals surface area contributed by atoms with Gasteiger partial charge in [-0.15, -0.1) is 0 Å². The maximum atomic E-state index is 14.6. The zero-order valence-electron chi connectivity index (χ0n) is 26.6. The minimum atomic E-state index is -4.85. The van der Waals surface area contributed by atoms with Crippen LogP contribution in [0.2, 0.25) is 5.02 Å². The van der Waals surface area contributed by atoms with Crippen molar-refractivity contribution in [2.75, 3.05) is 33.0 Å². The van der Waals surface area contributed by atoms with Crippen molar-refractivity contribution in [2.45, 2.75) is 76.3 Å². The van der Waals surface area contributed by atoms with Gasteiger partial charge >= 0.3 is 12.3 Å². The number of benzene rings is 2. The van der Waals surface area contributed by atoms with Gasteiger partial charge in [-0.3, -0.25) is 14.3 Å². The van der Waals surface area contributed by atoms with Gasteiger partial charge in [0.05, 0.1) is 41.6 Å². The normalized spacial score (nSPS) is 16.4. The number of rotatable bonds is 8. The molecule has 0 N–H and O–H groups in total. The molecule has 0 aliphatic carbocycles. The molecule has 1 unspecified atom stereocenters. The Balaban J connectivity index is 1.75. The maximum Gasteiger partial charge on any atom is 0.416 e. The molecule has 46 heavy (non-hydrogen) atoms. The third-order valence-electron chi connectivity index (χ3n) is 7.85. The number of likely N-dealkylation sites (N-methyl/N-ethyl adjacent to an activating group) is 1. The molecule has 15 heteroatoms. The lowest BCUT2D eigenvalue weighted by Gasteiger charge is -2.38. The third-order valence-corrected chi connectivity index (χ3v) is 9.92. The lowest BCUT2D eigenvalue weighted by molar-refractivity contribution is -0.138. The second-order valence-electron chi connectivity index (χ2n) is 12.3. The van der Waals surface area contributed by atoms with Gasteiger partial charge in [0.1, 0.15) is 16.9 Å². The highest BCUT2D eigenvalue weighted by Gasteiger charge is 2.38. The molecule has 1 aliphatic heterocycles. The van der Waals surface area contributed by atoms with Gasteiger partial charge in [0.25, 0.3) is 5.56 Å². The lowest BCUT2D eigenvalue weighted by atomic mass is 9.99. The number of sulfone groups is 1. The van der Waals surface area contributed by atoms with Crippen LogP contribution in [-0.2, 0) is 33.8 Å². The smallest absolute Gasteiger partial charge is 0.416 e. The fourth-order valence-corrected chi connectivity index (χ4v) is 6.87. The molecule has 1 aromatic heterocycles. The van der Waals surface area contributed by atoms with E-state index in [9.17, 15) is 31.2 Å². The van der Waals surface area contributed by atoms with E-state index >= 15 is 0 Å². The predicted molar refractivity (Wildman–Crippen MR) is 168 cm³/mol. The van der Waals surface area contributed by atoms with Crippen LogP contribution < -0.4 is 10.3 Å². The fourth-order valence-electron chi connectivity index (χ4n) is 5.57. The molecule has 0 bridgehead atoms. The number of amides is 1. The van der Waals surface area contributed by atoms with Gasteiger partial charge in [-0.25, -0.2) is 18.2 Å². The number of fused-ring (bicyclic) bond motifs is 1. The molecule has 0 radical (unpaired) electrons. The van der Waals surface area contributed by atoms with Crippen LogP contribution in [0.1, 0.15) is 57.2 Å². The highest BCUT2D eigenvalue weighted by Crippen LogP contribution is 2.40. The average Bonchev–Trinajstić information content (AvgIpc) is 2.96. The monoisotopic (exact) mass is 686 g/mol. The molecule has 0 saturated carbocycles. The van der Waals surface area contributed by atoms with Crippen LogP contribution in [-0.4, -0.2) is 78.5 Å². The number of aromatic nitrogens is 2. The number of likely N-dealkylation sites (tertiary alicyclic amines) is 1. The summed E-state index contributed by atoms with van der Waals surface area (Å²) in [7, 11) is -0.869. The summed E-state index contributed by atoms with van der Waals surface area (Å²) in [6.45, 7) is 7.06. The Morgan fingerprint density at radius 2 is 1.87 bits per heavy atom. The molecule has 1 aliphatic rings. The minimum absolute atomic E-state index is 0.0348. The first-order valence-corrected chi connectivity index (χ1v) is 16.7. The van der Waals surface area contributed by atoms with Gasteiger partial charge in [0.15, 0.2) is 9.84 Å². The van der Waals surface area contributed by atoms with E-state index in [-0.39, 0.29) is 62.6 Å². The van der Waals surface area contributed by atoms with Gasteiger partial charge in [0.2, 0.25) is 0 Å². The molecule has 0 spiro atoms. The number of nitrogens with zero attached hydrogens (tertiary/aromatic N) is 4. The quantitative estimate of drug-likeness (QED) is 0.295. The number of halogens is 4. The van der Waals surface area contributed by atoms with Crippen molar-refractivity contribution in [1.82, 2.24) is 19.4 Å². The Labute approximate surface area is 271 Å². The van der Waals surface area contributed by atoms with Gasteiger partial charge in [-0.05, 0) is 70.0 Å². The number of carbonyl (C=O) groups excluding carboxylic acids is 1. The number of hydrogen-bond donors (Lipinski definition) is 0. The largest absolute Gasteiger partial charge is 0.494 e. The Bertz CT molecular complexity index is 1790. The highest BCUT2D eigenvalue weighted by atomic mass is 35.5. The summed E-state index contributed by atoms with van der Waals surface area (Å²) in [5.74, 6) is -0.384. The first kappa shape index (κ1) is 35.5. The van der Waals surface area contributed by atoms with Crippen LogP contribution in [0.4, 0.5) is 18.0 Å². The number of carbonyl (C=O) groups is 1. The maximum absolute atomic E-state index is 14.6. The number of alkyl halides is 3. The van der Waals surface area contributed by atoms with Crippen LogP contribution in [0.3, 0.4) is 0 Å². The summed E-state index contributed by atoms with van der Waals surface area (Å²) >= 11 is 6.12. The van der Waals surface area contributed by atoms with E-state index in [1.165, 1.54) is 37.1 Å². The van der Waals surface area contributed by atoms with Crippen molar-refractivity contribution in [3.8, 4) is 5.75 Å². The molecule has 4 rings (SSSR count). The number of ether oxygens (including phenoxy) is 2. The zero-order chi connectivity index (χ0) is 34.2. The summed E-state index contributed by atoms with van der Waals surface area (Å²) in [6.07, 6.45) is -2.92. The fraction of sp³-hybridized carbons (Fsp3) is 0.516. The SMILES string of the molecule is CCS(=O)(=O)c1ccc(Cl)cc1Cn1cnc2c(OC)c(CN3CCCC(N(C)C(=O)OC(C)(C)C)C3)c(C(F)(F)F)cc2c1=O. The summed E-state index contributed by atoms with van der Waals surface area (Å²) < 4.78 is 81.2. The van der Waals surface area contributed by atoms with E-state index in [2.05, 4.69) is 4.98 Å². The van der Waals surface area contributed by atoms with Crippen LogP contribution in [0, 0.1) is 0 Å². The summed E-state index contributed by atoms with van der Waals surface area (Å²) in [6, 6.07) is 4.63. The second kappa shape index (κ2) is 13.4. The third kappa shape index (κ3) is 7.77. The van der Waals surface area contributed by atoms with Gasteiger partial charge < -0.3 is 14.4 Å². The van der Waals surface area contributed by atoms with E-state index < -0.39 is 38.8 Å². The lowest BCUT2D eigenvalue weighted by Crippen LogP contribution is -2.49. The molecule has 1 fully saturated rings. The Morgan fingerprint density at radius 1 is 1.17 bits per heavy atom. The Morgan fingerprint density at radius 3 is 2.48 bits per heavy atom. The van der Waals surface area contributed by atoms with E-state index in [0.29, 0.717) is 25.9 Å². The van der Waals surface area contributed by atoms with Crippen molar-refractivity contribution in [1.29, 1.82) is 0 Å². The van der Waals surface area contributed by atoms with E-state index in [1.54, 1.807) is 27.8 Å². The van der Waals surface area contributed by atoms with E-state index in [1.807, 2.05) is 4.90 Å². The number of piperidine rings is 1. The van der Waals surface area contributed by atoms with Crippen LogP contribution in [0.15, 0.2) is 40.3 Å². The summed E-state index contributed by atoms with van der Waals surface area (Å²) in [4.78, 5) is 33.9. The average molecular weight is 687 g/mol.